The molecule has 0 saturated carbocycles. The lowest BCUT2D eigenvalue weighted by molar-refractivity contribution is -0.143. The first-order chi connectivity index (χ1) is 15.0. The van der Waals surface area contributed by atoms with Crippen molar-refractivity contribution >= 4 is 11.8 Å². The molecule has 1 N–H and O–H groups in total. The van der Waals surface area contributed by atoms with Crippen molar-refractivity contribution in [1.29, 1.82) is 0 Å². The van der Waals surface area contributed by atoms with E-state index >= 15 is 0 Å². The molecule has 3 rings (SSSR count). The molecule has 2 unspecified atom stereocenters. The Bertz CT molecular complexity index is 988. The quantitative estimate of drug-likeness (QED) is 0.662. The first kappa shape index (κ1) is 23.7. The second kappa shape index (κ2) is 8.88. The van der Waals surface area contributed by atoms with Crippen LogP contribution < -0.4 is 19.5 Å². The van der Waals surface area contributed by atoms with E-state index in [1.165, 1.54) is 14.2 Å². The van der Waals surface area contributed by atoms with Crippen molar-refractivity contribution in [1.82, 2.24) is 5.32 Å². The van der Waals surface area contributed by atoms with Gasteiger partial charge in [-0.1, -0.05) is 26.0 Å². The summed E-state index contributed by atoms with van der Waals surface area (Å²) in [4.78, 5) is 26.7. The minimum absolute atomic E-state index is 0.0594. The number of hydrogen-bond acceptors (Lipinski definition) is 7. The topological polar surface area (TPSA) is 83.1 Å². The van der Waals surface area contributed by atoms with Gasteiger partial charge in [0, 0.05) is 29.3 Å². The van der Waals surface area contributed by atoms with Gasteiger partial charge in [0.1, 0.15) is 5.78 Å². The Morgan fingerprint density at radius 2 is 1.72 bits per heavy atom. The highest BCUT2D eigenvalue weighted by atomic mass is 16.5. The molecule has 0 amide bonds. The number of ether oxygens (including phenoxy) is 4. The molecule has 2 atom stereocenters. The third-order valence-corrected chi connectivity index (χ3v) is 5.87. The van der Waals surface area contributed by atoms with E-state index in [1.807, 2.05) is 26.8 Å². The number of carbonyl (C=O) groups is 2. The normalized spacial score (nSPS) is 22.0. The maximum absolute atomic E-state index is 13.4. The van der Waals surface area contributed by atoms with Gasteiger partial charge in [-0.15, -0.1) is 0 Å². The van der Waals surface area contributed by atoms with E-state index in [0.29, 0.717) is 40.5 Å². The van der Waals surface area contributed by atoms with E-state index in [9.17, 15) is 9.59 Å². The van der Waals surface area contributed by atoms with Crippen LogP contribution in [0, 0.1) is 11.3 Å². The van der Waals surface area contributed by atoms with Gasteiger partial charge in [0.25, 0.3) is 0 Å². The van der Waals surface area contributed by atoms with Crippen molar-refractivity contribution in [2.45, 2.75) is 53.1 Å². The number of allylic oxidation sites excluding steroid dienone is 3. The molecule has 0 fully saturated rings. The van der Waals surface area contributed by atoms with Crippen LogP contribution >= 0.6 is 0 Å². The van der Waals surface area contributed by atoms with Crippen molar-refractivity contribution in [3.8, 4) is 17.2 Å². The van der Waals surface area contributed by atoms with Gasteiger partial charge in [-0.25, -0.2) is 4.79 Å². The summed E-state index contributed by atoms with van der Waals surface area (Å²) in [6.45, 7) is 9.50. The van der Waals surface area contributed by atoms with Gasteiger partial charge < -0.3 is 24.3 Å². The highest BCUT2D eigenvalue weighted by Crippen LogP contribution is 2.52. The second-order valence-electron chi connectivity index (χ2n) is 9.23. The molecule has 174 valence electrons. The summed E-state index contributed by atoms with van der Waals surface area (Å²) < 4.78 is 22.3. The first-order valence-electron chi connectivity index (χ1n) is 10.8. The lowest BCUT2D eigenvalue weighted by Crippen LogP contribution is -2.43. The number of fused-ring (bicyclic) bond motifs is 1. The van der Waals surface area contributed by atoms with E-state index in [1.54, 1.807) is 27.0 Å². The molecule has 1 aromatic carbocycles. The smallest absolute Gasteiger partial charge is 0.336 e. The Morgan fingerprint density at radius 1 is 1.06 bits per heavy atom. The average molecular weight is 444 g/mol. The number of hydrogen-bond donors (Lipinski definition) is 1. The SMILES string of the molecule is COc1ccc(C2C(C(=O)OC(C)C)=C(C)NC3=CC(C)(C)CC(=O)C32)c(OC)c1OC. The molecule has 0 radical (unpaired) electrons. The van der Waals surface area contributed by atoms with Gasteiger partial charge in [-0.2, -0.15) is 0 Å². The summed E-state index contributed by atoms with van der Waals surface area (Å²) in [7, 11) is 4.61. The molecule has 7 heteroatoms. The molecule has 1 aliphatic heterocycles. The molecular formula is C25H33NO6. The predicted molar refractivity (Wildman–Crippen MR) is 121 cm³/mol. The Labute approximate surface area is 189 Å². The van der Waals surface area contributed by atoms with Crippen LogP contribution in [0.25, 0.3) is 0 Å². The number of rotatable bonds is 6. The number of esters is 1. The summed E-state index contributed by atoms with van der Waals surface area (Å²) in [5.74, 6) is -0.207. The average Bonchev–Trinajstić information content (AvgIpc) is 2.69. The number of methoxy groups -OCH3 is 3. The molecule has 0 spiro atoms. The number of carbonyl (C=O) groups excluding carboxylic acids is 2. The van der Waals surface area contributed by atoms with Crippen molar-refractivity contribution in [3.05, 3.63) is 40.7 Å². The Balaban J connectivity index is 2.30. The Kier molecular flexibility index (Phi) is 6.58. The van der Waals surface area contributed by atoms with Crippen molar-refractivity contribution in [2.75, 3.05) is 21.3 Å². The highest BCUT2D eigenvalue weighted by molar-refractivity contribution is 5.96. The molecule has 0 aromatic heterocycles. The number of ketones is 1. The van der Waals surface area contributed by atoms with Crippen LogP contribution in [0.1, 0.15) is 52.5 Å². The number of benzene rings is 1. The first-order valence-corrected chi connectivity index (χ1v) is 10.8. The van der Waals surface area contributed by atoms with Crippen LogP contribution in [-0.4, -0.2) is 39.2 Å². The minimum Gasteiger partial charge on any atom is -0.493 e. The van der Waals surface area contributed by atoms with Crippen LogP contribution in [0.5, 0.6) is 17.2 Å². The van der Waals surface area contributed by atoms with Gasteiger partial charge in [0.2, 0.25) is 5.75 Å². The molecule has 2 aliphatic rings. The van der Waals surface area contributed by atoms with Crippen molar-refractivity contribution < 1.29 is 28.5 Å². The molecule has 0 bridgehead atoms. The zero-order valence-electron chi connectivity index (χ0n) is 20.1. The Hall–Kier alpha value is -2.96. The van der Waals surface area contributed by atoms with Crippen molar-refractivity contribution in [3.63, 3.8) is 0 Å². The summed E-state index contributed by atoms with van der Waals surface area (Å²) in [6.07, 6.45) is 2.17. The van der Waals surface area contributed by atoms with Crippen LogP contribution in [0.4, 0.5) is 0 Å². The zero-order chi connectivity index (χ0) is 23.8. The van der Waals surface area contributed by atoms with Gasteiger partial charge in [-0.05, 0) is 32.3 Å². The second-order valence-corrected chi connectivity index (χ2v) is 9.23. The largest absolute Gasteiger partial charge is 0.493 e. The lowest BCUT2D eigenvalue weighted by atomic mass is 9.66. The fraction of sp³-hybridized carbons (Fsp3) is 0.520. The van der Waals surface area contributed by atoms with E-state index < -0.39 is 17.8 Å². The molecule has 1 aromatic rings. The van der Waals surface area contributed by atoms with Crippen LogP contribution in [0.3, 0.4) is 0 Å². The molecule has 1 aliphatic carbocycles. The van der Waals surface area contributed by atoms with E-state index in [2.05, 4.69) is 11.4 Å². The van der Waals surface area contributed by atoms with Crippen LogP contribution in [0.2, 0.25) is 0 Å². The molecule has 7 nitrogen and oxygen atoms in total. The highest BCUT2D eigenvalue weighted by Gasteiger charge is 2.47. The zero-order valence-corrected chi connectivity index (χ0v) is 20.1. The predicted octanol–water partition coefficient (Wildman–Crippen LogP) is 4.12. The summed E-state index contributed by atoms with van der Waals surface area (Å²) in [5.41, 5.74) is 2.26. The molecular weight excluding hydrogens is 410 g/mol. The van der Waals surface area contributed by atoms with Crippen LogP contribution in [-0.2, 0) is 14.3 Å². The molecule has 32 heavy (non-hydrogen) atoms. The van der Waals surface area contributed by atoms with Gasteiger partial charge in [0.05, 0.1) is 38.9 Å². The van der Waals surface area contributed by atoms with Gasteiger partial charge in [0.15, 0.2) is 11.5 Å². The number of Topliss-reactive ketones (excluding diaryl/α,β-unsaturated/α-hetero) is 1. The maximum atomic E-state index is 13.4. The standard InChI is InChI=1S/C25H33NO6/c1-13(2)32-24(28)19-14(3)26-16-11-25(4,5)12-17(27)21(16)20(19)15-9-10-18(29-6)23(31-8)22(15)30-7/h9-11,13,20-21,26H,12H2,1-8H3. The van der Waals surface area contributed by atoms with Crippen molar-refractivity contribution in [2.24, 2.45) is 11.3 Å². The molecule has 1 heterocycles. The van der Waals surface area contributed by atoms with E-state index in [0.717, 1.165) is 5.70 Å². The minimum atomic E-state index is -0.591. The summed E-state index contributed by atoms with van der Waals surface area (Å²) in [6, 6.07) is 3.59. The van der Waals surface area contributed by atoms with Crippen LogP contribution in [0.15, 0.2) is 35.2 Å². The van der Waals surface area contributed by atoms with Gasteiger partial charge >= 0.3 is 5.97 Å². The monoisotopic (exact) mass is 443 g/mol. The third kappa shape index (κ3) is 4.20. The maximum Gasteiger partial charge on any atom is 0.336 e. The lowest BCUT2D eigenvalue weighted by Gasteiger charge is -2.41. The summed E-state index contributed by atoms with van der Waals surface area (Å²) >= 11 is 0. The Morgan fingerprint density at radius 3 is 2.28 bits per heavy atom. The third-order valence-electron chi connectivity index (χ3n) is 5.87. The van der Waals surface area contributed by atoms with E-state index in [4.69, 9.17) is 18.9 Å². The fourth-order valence-corrected chi connectivity index (χ4v) is 4.72. The number of nitrogens with one attached hydrogen (secondary N) is 1. The van der Waals surface area contributed by atoms with E-state index in [-0.39, 0.29) is 17.3 Å². The fourth-order valence-electron chi connectivity index (χ4n) is 4.72. The molecule has 0 saturated heterocycles. The summed E-state index contributed by atoms with van der Waals surface area (Å²) in [5, 5.41) is 3.32. The van der Waals surface area contributed by atoms with Gasteiger partial charge in [-0.3, -0.25) is 4.79 Å².